The van der Waals surface area contributed by atoms with Gasteiger partial charge in [0, 0.05) is 12.1 Å². The normalized spacial score (nSPS) is 11.4. The summed E-state index contributed by atoms with van der Waals surface area (Å²) in [5.41, 5.74) is 4.76. The summed E-state index contributed by atoms with van der Waals surface area (Å²) < 4.78 is 20.1. The molecule has 0 unspecified atom stereocenters. The maximum Gasteiger partial charge on any atom is 0.250 e. The van der Waals surface area contributed by atoms with E-state index in [9.17, 15) is 9.18 Å². The average molecular weight is 428 g/mol. The molecule has 1 heterocycles. The van der Waals surface area contributed by atoms with Gasteiger partial charge in [-0.25, -0.2) is 9.82 Å². The number of ether oxygens (including phenoxy) is 1. The number of nitrogens with zero attached hydrogens (tertiary/aromatic N) is 4. The second kappa shape index (κ2) is 10.0. The first-order chi connectivity index (χ1) is 14.5. The molecule has 0 aliphatic carbocycles. The molecule has 9 heteroatoms. The van der Waals surface area contributed by atoms with Crippen molar-refractivity contribution < 1.29 is 13.9 Å². The molecule has 1 N–H and O–H groups in total. The van der Waals surface area contributed by atoms with Gasteiger partial charge in [0.2, 0.25) is 0 Å². The van der Waals surface area contributed by atoms with Crippen LogP contribution in [-0.2, 0) is 11.3 Å². The van der Waals surface area contributed by atoms with E-state index in [2.05, 4.69) is 20.7 Å². The van der Waals surface area contributed by atoms with Gasteiger partial charge in [-0.2, -0.15) is 5.10 Å². The third kappa shape index (κ3) is 5.24. The van der Waals surface area contributed by atoms with E-state index < -0.39 is 0 Å². The lowest BCUT2D eigenvalue weighted by Gasteiger charge is -2.08. The highest BCUT2D eigenvalue weighted by Gasteiger charge is 2.14. The number of aromatic nitrogens is 3. The number of amides is 1. The summed E-state index contributed by atoms with van der Waals surface area (Å²) in [5, 5.41) is 13.2. The van der Waals surface area contributed by atoms with Crippen LogP contribution in [0.1, 0.15) is 19.4 Å². The number of rotatable bonds is 8. The molecular weight excluding hydrogens is 405 g/mol. The number of hydrazone groups is 1. The summed E-state index contributed by atoms with van der Waals surface area (Å²) in [6.07, 6.45) is 0. The average Bonchev–Trinajstić information content (AvgIpc) is 3.19. The minimum atomic E-state index is -0.318. The third-order valence-corrected chi connectivity index (χ3v) is 5.29. The Balaban J connectivity index is 1.62. The molecule has 0 aliphatic heterocycles. The van der Waals surface area contributed by atoms with E-state index in [-0.39, 0.29) is 17.5 Å². The van der Waals surface area contributed by atoms with Gasteiger partial charge < -0.3 is 9.30 Å². The van der Waals surface area contributed by atoms with Crippen LogP contribution in [0.25, 0.3) is 11.4 Å². The number of carbonyl (C=O) groups excluding carboxylic acids is 1. The molecule has 0 saturated carbocycles. The fourth-order valence-corrected chi connectivity index (χ4v) is 3.49. The second-order valence-electron chi connectivity index (χ2n) is 6.31. The highest BCUT2D eigenvalue weighted by Crippen LogP contribution is 2.25. The van der Waals surface area contributed by atoms with E-state index in [1.165, 1.54) is 23.9 Å². The van der Waals surface area contributed by atoms with E-state index >= 15 is 0 Å². The lowest BCUT2D eigenvalue weighted by Crippen LogP contribution is -2.21. The summed E-state index contributed by atoms with van der Waals surface area (Å²) >= 11 is 1.29. The van der Waals surface area contributed by atoms with Crippen LogP contribution in [0.5, 0.6) is 5.75 Å². The molecule has 30 heavy (non-hydrogen) atoms. The smallest absolute Gasteiger partial charge is 0.250 e. The number of carbonyl (C=O) groups is 1. The Hall–Kier alpha value is -3.20. The Labute approximate surface area is 178 Å². The maximum absolute atomic E-state index is 13.0. The first-order valence-electron chi connectivity index (χ1n) is 9.31. The number of methoxy groups -OCH3 is 1. The summed E-state index contributed by atoms with van der Waals surface area (Å²) in [7, 11) is 1.62. The van der Waals surface area contributed by atoms with E-state index in [1.807, 2.05) is 35.8 Å². The largest absolute Gasteiger partial charge is 0.497 e. The zero-order valence-electron chi connectivity index (χ0n) is 16.9. The number of hydrogen-bond acceptors (Lipinski definition) is 6. The molecule has 3 aromatic rings. The molecular formula is C21H22FN5O2S. The summed E-state index contributed by atoms with van der Waals surface area (Å²) in [4.78, 5) is 12.2. The van der Waals surface area contributed by atoms with Crippen molar-refractivity contribution in [2.24, 2.45) is 5.10 Å². The third-order valence-electron chi connectivity index (χ3n) is 4.32. The summed E-state index contributed by atoms with van der Waals surface area (Å²) in [5.74, 6) is 1.05. The van der Waals surface area contributed by atoms with Gasteiger partial charge in [0.05, 0.1) is 18.6 Å². The Morgan fingerprint density at radius 3 is 2.50 bits per heavy atom. The summed E-state index contributed by atoms with van der Waals surface area (Å²) in [6, 6.07) is 13.5. The van der Waals surface area contributed by atoms with Crippen LogP contribution < -0.4 is 10.2 Å². The minimum Gasteiger partial charge on any atom is -0.497 e. The van der Waals surface area contributed by atoms with Crippen LogP contribution in [0.15, 0.2) is 58.8 Å². The van der Waals surface area contributed by atoms with Crippen molar-refractivity contribution in [1.82, 2.24) is 20.2 Å². The van der Waals surface area contributed by atoms with Gasteiger partial charge in [0.15, 0.2) is 11.0 Å². The number of halogens is 1. The predicted molar refractivity (Wildman–Crippen MR) is 115 cm³/mol. The quantitative estimate of drug-likeness (QED) is 0.336. The monoisotopic (exact) mass is 427 g/mol. The number of thioether (sulfide) groups is 1. The minimum absolute atomic E-state index is 0.140. The Bertz CT molecular complexity index is 1030. The van der Waals surface area contributed by atoms with E-state index in [4.69, 9.17) is 4.74 Å². The van der Waals surface area contributed by atoms with Crippen molar-refractivity contribution in [2.75, 3.05) is 12.9 Å². The van der Waals surface area contributed by atoms with Crippen LogP contribution in [0, 0.1) is 5.82 Å². The zero-order valence-corrected chi connectivity index (χ0v) is 17.7. The Morgan fingerprint density at radius 1 is 1.17 bits per heavy atom. The number of hydrogen-bond donors (Lipinski definition) is 1. The molecule has 3 rings (SSSR count). The van der Waals surface area contributed by atoms with Gasteiger partial charge >= 0.3 is 0 Å². The number of benzene rings is 2. The first kappa shape index (κ1) is 21.5. The van der Waals surface area contributed by atoms with Gasteiger partial charge in [-0.05, 0) is 55.8 Å². The Kier molecular flexibility index (Phi) is 7.18. The van der Waals surface area contributed by atoms with Gasteiger partial charge in [-0.1, -0.05) is 23.9 Å². The SMILES string of the molecule is CCn1c(SCC(=O)N/N=C(/C)c2ccc(F)cc2)nnc1-c1ccc(OC)cc1. The molecule has 1 aromatic heterocycles. The van der Waals surface area contributed by atoms with E-state index in [0.29, 0.717) is 17.4 Å². The Morgan fingerprint density at radius 2 is 1.87 bits per heavy atom. The van der Waals surface area contributed by atoms with E-state index in [1.54, 1.807) is 26.2 Å². The zero-order chi connectivity index (χ0) is 21.5. The van der Waals surface area contributed by atoms with Gasteiger partial charge in [-0.3, -0.25) is 4.79 Å². The molecule has 0 spiro atoms. The standard InChI is InChI=1S/C21H22FN5O2S/c1-4-27-20(16-7-11-18(29-3)12-8-16)25-26-21(27)30-13-19(28)24-23-14(2)15-5-9-17(22)10-6-15/h5-12H,4,13H2,1-3H3,(H,24,28)/b23-14-. The molecule has 0 fully saturated rings. The lowest BCUT2D eigenvalue weighted by atomic mass is 10.1. The molecule has 0 radical (unpaired) electrons. The highest BCUT2D eigenvalue weighted by molar-refractivity contribution is 7.99. The van der Waals surface area contributed by atoms with Gasteiger partial charge in [0.25, 0.3) is 5.91 Å². The summed E-state index contributed by atoms with van der Waals surface area (Å²) in [6.45, 7) is 4.41. The molecule has 7 nitrogen and oxygen atoms in total. The second-order valence-corrected chi connectivity index (χ2v) is 7.25. The van der Waals surface area contributed by atoms with Gasteiger partial charge in [0.1, 0.15) is 11.6 Å². The molecule has 2 aromatic carbocycles. The molecule has 156 valence electrons. The van der Waals surface area contributed by atoms with Crippen molar-refractivity contribution in [1.29, 1.82) is 0 Å². The molecule has 1 amide bonds. The van der Waals surface area contributed by atoms with E-state index in [0.717, 1.165) is 22.7 Å². The van der Waals surface area contributed by atoms with Crippen LogP contribution in [0.4, 0.5) is 4.39 Å². The lowest BCUT2D eigenvalue weighted by molar-refractivity contribution is -0.118. The molecule has 0 atom stereocenters. The van der Waals surface area contributed by atoms with Crippen molar-refractivity contribution in [3.05, 3.63) is 59.9 Å². The van der Waals surface area contributed by atoms with Crippen LogP contribution >= 0.6 is 11.8 Å². The van der Waals surface area contributed by atoms with Crippen molar-refractivity contribution in [2.45, 2.75) is 25.5 Å². The van der Waals surface area contributed by atoms with Crippen LogP contribution in [0.2, 0.25) is 0 Å². The highest BCUT2D eigenvalue weighted by atomic mass is 32.2. The van der Waals surface area contributed by atoms with Crippen molar-refractivity contribution in [3.63, 3.8) is 0 Å². The van der Waals surface area contributed by atoms with Gasteiger partial charge in [-0.15, -0.1) is 10.2 Å². The van der Waals surface area contributed by atoms with Crippen LogP contribution in [-0.4, -0.2) is 39.2 Å². The maximum atomic E-state index is 13.0. The number of nitrogens with one attached hydrogen (secondary N) is 1. The molecule has 0 bridgehead atoms. The van der Waals surface area contributed by atoms with Crippen molar-refractivity contribution >= 4 is 23.4 Å². The van der Waals surface area contributed by atoms with Crippen LogP contribution in [0.3, 0.4) is 0 Å². The molecule has 0 aliphatic rings. The topological polar surface area (TPSA) is 81.4 Å². The van der Waals surface area contributed by atoms with Crippen molar-refractivity contribution in [3.8, 4) is 17.1 Å². The fourth-order valence-electron chi connectivity index (χ4n) is 2.70. The predicted octanol–water partition coefficient (Wildman–Crippen LogP) is 3.75. The fraction of sp³-hybridized carbons (Fsp3) is 0.238. The first-order valence-corrected chi connectivity index (χ1v) is 10.3. The molecule has 0 saturated heterocycles.